The van der Waals surface area contributed by atoms with E-state index in [9.17, 15) is 4.79 Å². The van der Waals surface area contributed by atoms with Gasteiger partial charge in [-0.15, -0.1) is 0 Å². The Morgan fingerprint density at radius 2 is 1.81 bits per heavy atom. The molecule has 2 rings (SSSR count). The van der Waals surface area contributed by atoms with Gasteiger partial charge in [-0.2, -0.15) is 0 Å². The van der Waals surface area contributed by atoms with E-state index in [4.69, 9.17) is 16.3 Å². The zero-order valence-electron chi connectivity index (χ0n) is 16.0. The Labute approximate surface area is 161 Å². The van der Waals surface area contributed by atoms with Crippen LogP contribution in [-0.4, -0.2) is 18.6 Å². The zero-order valence-corrected chi connectivity index (χ0v) is 16.8. The number of benzene rings is 2. The molecule has 0 aliphatic heterocycles. The van der Waals surface area contributed by atoms with Gasteiger partial charge in [-0.1, -0.05) is 49.7 Å². The van der Waals surface area contributed by atoms with Crippen molar-refractivity contribution in [3.8, 4) is 5.75 Å². The summed E-state index contributed by atoms with van der Waals surface area (Å²) in [6, 6.07) is 14.0. The molecule has 1 N–H and O–H groups in total. The number of hydrogen-bond acceptors (Lipinski definition) is 2. The van der Waals surface area contributed by atoms with Gasteiger partial charge in [0, 0.05) is 11.6 Å². The highest BCUT2D eigenvalue weighted by molar-refractivity contribution is 6.30. The first-order chi connectivity index (χ1) is 12.4. The standard InChI is InChI=1S/C22H28ClNO2/c1-15(2)20-12-7-16(3)14-21(20)26-17(4)22(25)24-13-5-6-18-8-10-19(23)11-9-18/h7-12,14-15,17H,5-6,13H2,1-4H3,(H,24,25)/t17-/m0/s1. The molecular weight excluding hydrogens is 346 g/mol. The highest BCUT2D eigenvalue weighted by Gasteiger charge is 2.17. The number of nitrogens with one attached hydrogen (secondary N) is 1. The Morgan fingerprint density at radius 3 is 2.46 bits per heavy atom. The first-order valence-corrected chi connectivity index (χ1v) is 9.54. The lowest BCUT2D eigenvalue weighted by atomic mass is 10.0. The molecule has 0 aliphatic rings. The maximum Gasteiger partial charge on any atom is 0.260 e. The smallest absolute Gasteiger partial charge is 0.260 e. The van der Waals surface area contributed by atoms with Crippen LogP contribution in [0.5, 0.6) is 5.75 Å². The van der Waals surface area contributed by atoms with Gasteiger partial charge in [-0.3, -0.25) is 4.79 Å². The molecule has 140 valence electrons. The number of carbonyl (C=O) groups excluding carboxylic acids is 1. The number of amides is 1. The predicted octanol–water partition coefficient (Wildman–Crippen LogP) is 5.29. The summed E-state index contributed by atoms with van der Waals surface area (Å²) in [5.41, 5.74) is 3.47. The van der Waals surface area contributed by atoms with Crippen molar-refractivity contribution in [1.29, 1.82) is 0 Å². The molecule has 2 aromatic rings. The van der Waals surface area contributed by atoms with Crippen molar-refractivity contribution in [3.63, 3.8) is 0 Å². The first-order valence-electron chi connectivity index (χ1n) is 9.16. The molecule has 0 unspecified atom stereocenters. The van der Waals surface area contributed by atoms with E-state index in [1.165, 1.54) is 5.56 Å². The van der Waals surface area contributed by atoms with Crippen LogP contribution in [0.4, 0.5) is 0 Å². The maximum absolute atomic E-state index is 12.3. The molecule has 0 saturated heterocycles. The summed E-state index contributed by atoms with van der Waals surface area (Å²) in [4.78, 5) is 12.3. The van der Waals surface area contributed by atoms with Gasteiger partial charge in [-0.05, 0) is 67.5 Å². The lowest BCUT2D eigenvalue weighted by Crippen LogP contribution is -2.37. The second-order valence-corrected chi connectivity index (χ2v) is 7.41. The predicted molar refractivity (Wildman–Crippen MR) is 108 cm³/mol. The SMILES string of the molecule is Cc1ccc(C(C)C)c(O[C@@H](C)C(=O)NCCCc2ccc(Cl)cc2)c1. The van der Waals surface area contributed by atoms with Gasteiger partial charge in [0.1, 0.15) is 5.75 Å². The second kappa shape index (κ2) is 9.63. The number of rotatable bonds is 8. The average Bonchev–Trinajstić information content (AvgIpc) is 2.59. The van der Waals surface area contributed by atoms with Gasteiger partial charge in [0.15, 0.2) is 6.10 Å². The zero-order chi connectivity index (χ0) is 19.1. The van der Waals surface area contributed by atoms with Crippen molar-refractivity contribution in [3.05, 3.63) is 64.2 Å². The summed E-state index contributed by atoms with van der Waals surface area (Å²) in [7, 11) is 0. The Kier molecular flexibility index (Phi) is 7.52. The fourth-order valence-corrected chi connectivity index (χ4v) is 2.89. The second-order valence-electron chi connectivity index (χ2n) is 6.98. The monoisotopic (exact) mass is 373 g/mol. The van der Waals surface area contributed by atoms with Crippen LogP contribution in [-0.2, 0) is 11.2 Å². The topological polar surface area (TPSA) is 38.3 Å². The quantitative estimate of drug-likeness (QED) is 0.638. The number of aryl methyl sites for hydroxylation is 2. The number of carbonyl (C=O) groups is 1. The molecule has 0 aliphatic carbocycles. The van der Waals surface area contributed by atoms with Gasteiger partial charge < -0.3 is 10.1 Å². The molecule has 0 spiro atoms. The van der Waals surface area contributed by atoms with Crippen molar-refractivity contribution in [1.82, 2.24) is 5.32 Å². The number of hydrogen-bond donors (Lipinski definition) is 1. The number of ether oxygens (including phenoxy) is 1. The van der Waals surface area contributed by atoms with Crippen molar-refractivity contribution in [2.45, 2.75) is 52.6 Å². The fourth-order valence-electron chi connectivity index (χ4n) is 2.76. The maximum atomic E-state index is 12.3. The lowest BCUT2D eigenvalue weighted by Gasteiger charge is -2.19. The van der Waals surface area contributed by atoms with Gasteiger partial charge in [0.2, 0.25) is 0 Å². The summed E-state index contributed by atoms with van der Waals surface area (Å²) >= 11 is 5.89. The van der Waals surface area contributed by atoms with E-state index >= 15 is 0 Å². The molecule has 4 heteroatoms. The average molecular weight is 374 g/mol. The molecule has 1 atom stereocenters. The Bertz CT molecular complexity index is 725. The van der Waals surface area contributed by atoms with Gasteiger partial charge in [0.05, 0.1) is 0 Å². The minimum atomic E-state index is -0.523. The van der Waals surface area contributed by atoms with Crippen LogP contribution >= 0.6 is 11.6 Å². The first kappa shape index (κ1) is 20.3. The molecule has 26 heavy (non-hydrogen) atoms. The van der Waals surface area contributed by atoms with Crippen molar-refractivity contribution in [2.75, 3.05) is 6.54 Å². The van der Waals surface area contributed by atoms with E-state index in [0.717, 1.165) is 34.7 Å². The van der Waals surface area contributed by atoms with Crippen LogP contribution in [0.15, 0.2) is 42.5 Å². The third-order valence-electron chi connectivity index (χ3n) is 4.32. The summed E-state index contributed by atoms with van der Waals surface area (Å²) < 4.78 is 5.95. The largest absolute Gasteiger partial charge is 0.481 e. The Balaban J connectivity index is 1.82. The minimum absolute atomic E-state index is 0.0858. The van der Waals surface area contributed by atoms with E-state index in [0.29, 0.717) is 12.5 Å². The van der Waals surface area contributed by atoms with Crippen molar-refractivity contribution < 1.29 is 9.53 Å². The molecule has 1 amide bonds. The van der Waals surface area contributed by atoms with Gasteiger partial charge in [0.25, 0.3) is 5.91 Å². The normalized spacial score (nSPS) is 12.1. The Hall–Kier alpha value is -2.00. The summed E-state index contributed by atoms with van der Waals surface area (Å²) in [6.07, 6.45) is 1.26. The highest BCUT2D eigenvalue weighted by atomic mass is 35.5. The third-order valence-corrected chi connectivity index (χ3v) is 4.57. The highest BCUT2D eigenvalue weighted by Crippen LogP contribution is 2.28. The molecular formula is C22H28ClNO2. The van der Waals surface area contributed by atoms with Crippen molar-refractivity contribution >= 4 is 17.5 Å². The van der Waals surface area contributed by atoms with Crippen LogP contribution in [0.2, 0.25) is 5.02 Å². The van der Waals surface area contributed by atoms with Crippen LogP contribution in [0.1, 0.15) is 49.8 Å². The molecule has 2 aromatic carbocycles. The van der Waals surface area contributed by atoms with E-state index in [1.54, 1.807) is 6.92 Å². The molecule has 0 saturated carbocycles. The molecule has 0 fully saturated rings. The third kappa shape index (κ3) is 6.06. The van der Waals surface area contributed by atoms with E-state index in [2.05, 4.69) is 31.3 Å². The molecule has 0 radical (unpaired) electrons. The van der Waals surface area contributed by atoms with Gasteiger partial charge >= 0.3 is 0 Å². The summed E-state index contributed by atoms with van der Waals surface area (Å²) in [5, 5.41) is 3.70. The van der Waals surface area contributed by atoms with Crippen LogP contribution < -0.4 is 10.1 Å². The molecule has 0 heterocycles. The summed E-state index contributed by atoms with van der Waals surface area (Å²) in [6.45, 7) is 8.69. The van der Waals surface area contributed by atoms with Crippen LogP contribution in [0.25, 0.3) is 0 Å². The molecule has 0 aromatic heterocycles. The van der Waals surface area contributed by atoms with Crippen molar-refractivity contribution in [2.24, 2.45) is 0 Å². The van der Waals surface area contributed by atoms with Gasteiger partial charge in [-0.25, -0.2) is 0 Å². The fraction of sp³-hybridized carbons (Fsp3) is 0.409. The van der Waals surface area contributed by atoms with E-state index < -0.39 is 6.10 Å². The minimum Gasteiger partial charge on any atom is -0.481 e. The van der Waals surface area contributed by atoms with E-state index in [1.807, 2.05) is 37.3 Å². The lowest BCUT2D eigenvalue weighted by molar-refractivity contribution is -0.127. The number of halogens is 1. The van der Waals surface area contributed by atoms with Crippen LogP contribution in [0.3, 0.4) is 0 Å². The van der Waals surface area contributed by atoms with Crippen LogP contribution in [0, 0.1) is 6.92 Å². The molecule has 3 nitrogen and oxygen atoms in total. The molecule has 0 bridgehead atoms. The Morgan fingerprint density at radius 1 is 1.12 bits per heavy atom. The summed E-state index contributed by atoms with van der Waals surface area (Å²) in [5.74, 6) is 1.06. The van der Waals surface area contributed by atoms with E-state index in [-0.39, 0.29) is 5.91 Å².